The van der Waals surface area contributed by atoms with Crippen molar-refractivity contribution in [3.63, 3.8) is 0 Å². The van der Waals surface area contributed by atoms with E-state index in [9.17, 15) is 27.6 Å². The molecule has 1 N–H and O–H groups in total. The lowest BCUT2D eigenvalue weighted by Gasteiger charge is -2.18. The summed E-state index contributed by atoms with van der Waals surface area (Å²) in [7, 11) is 1.26. The quantitative estimate of drug-likeness (QED) is 0.542. The standard InChI is InChI=1S/C22H17Cl2F3N4O3/c1-12-9-18(32)20(29-31(12)15-6-3-13(23)4-7-15)21(34)30(2)11-19(33)28-14-5-8-17(24)16(10-14)22(25,26)27/h3-10H,11H2,1-2H3,(H,28,33). The number of rotatable bonds is 5. The van der Waals surface area contributed by atoms with Gasteiger partial charge in [0.15, 0.2) is 5.69 Å². The van der Waals surface area contributed by atoms with E-state index >= 15 is 0 Å². The van der Waals surface area contributed by atoms with Crippen molar-refractivity contribution in [2.45, 2.75) is 13.1 Å². The van der Waals surface area contributed by atoms with Crippen LogP contribution >= 0.6 is 23.2 Å². The molecular weight excluding hydrogens is 496 g/mol. The summed E-state index contributed by atoms with van der Waals surface area (Å²) in [6.07, 6.45) is -4.70. The molecule has 0 saturated heterocycles. The Balaban J connectivity index is 1.78. The van der Waals surface area contributed by atoms with Crippen LogP contribution in [0.2, 0.25) is 10.0 Å². The molecule has 0 aliphatic rings. The zero-order chi connectivity index (χ0) is 25.2. The van der Waals surface area contributed by atoms with Gasteiger partial charge in [-0.25, -0.2) is 4.68 Å². The van der Waals surface area contributed by atoms with E-state index in [-0.39, 0.29) is 5.69 Å². The van der Waals surface area contributed by atoms with Crippen molar-refractivity contribution in [3.05, 3.63) is 85.8 Å². The summed E-state index contributed by atoms with van der Waals surface area (Å²) in [6, 6.07) is 10.7. The first-order valence-electron chi connectivity index (χ1n) is 9.66. The number of anilines is 1. The van der Waals surface area contributed by atoms with E-state index in [0.717, 1.165) is 11.0 Å². The van der Waals surface area contributed by atoms with Gasteiger partial charge in [0.2, 0.25) is 11.3 Å². The van der Waals surface area contributed by atoms with Gasteiger partial charge < -0.3 is 10.2 Å². The molecule has 1 aromatic heterocycles. The third-order valence-electron chi connectivity index (χ3n) is 4.66. The SMILES string of the molecule is Cc1cc(=O)c(C(=O)N(C)CC(=O)Nc2ccc(Cl)c(C(F)(F)F)c2)nn1-c1ccc(Cl)cc1. The molecule has 0 spiro atoms. The van der Waals surface area contributed by atoms with Gasteiger partial charge in [0, 0.05) is 29.5 Å². The number of aryl methyl sites for hydroxylation is 1. The largest absolute Gasteiger partial charge is 0.417 e. The molecule has 0 saturated carbocycles. The average molecular weight is 513 g/mol. The van der Waals surface area contributed by atoms with Crippen LogP contribution in [0.15, 0.2) is 53.3 Å². The highest BCUT2D eigenvalue weighted by Gasteiger charge is 2.33. The molecule has 0 aliphatic heterocycles. The summed E-state index contributed by atoms with van der Waals surface area (Å²) in [6.45, 7) is 1.09. The molecule has 0 fully saturated rings. The number of amides is 2. The molecule has 0 bridgehead atoms. The molecule has 0 aliphatic carbocycles. The van der Waals surface area contributed by atoms with Gasteiger partial charge in [-0.15, -0.1) is 0 Å². The Hall–Kier alpha value is -3.37. The number of benzene rings is 2. The highest BCUT2D eigenvalue weighted by molar-refractivity contribution is 6.31. The summed E-state index contributed by atoms with van der Waals surface area (Å²) < 4.78 is 40.4. The Morgan fingerprint density at radius 3 is 2.35 bits per heavy atom. The minimum absolute atomic E-state index is 0.152. The number of hydrogen-bond acceptors (Lipinski definition) is 4. The number of halogens is 5. The van der Waals surface area contributed by atoms with Crippen LogP contribution in [0, 0.1) is 6.92 Å². The molecule has 0 atom stereocenters. The number of nitrogens with zero attached hydrogens (tertiary/aromatic N) is 3. The first-order chi connectivity index (χ1) is 15.9. The number of nitrogens with one attached hydrogen (secondary N) is 1. The van der Waals surface area contributed by atoms with Gasteiger partial charge >= 0.3 is 6.18 Å². The summed E-state index contributed by atoms with van der Waals surface area (Å²) in [4.78, 5) is 38.5. The predicted molar refractivity (Wildman–Crippen MR) is 122 cm³/mol. The van der Waals surface area contributed by atoms with E-state index in [4.69, 9.17) is 23.2 Å². The molecule has 2 aromatic carbocycles. The number of carbonyl (C=O) groups is 2. The smallest absolute Gasteiger partial charge is 0.331 e. The van der Waals surface area contributed by atoms with E-state index < -0.39 is 46.2 Å². The maximum Gasteiger partial charge on any atom is 0.417 e. The monoisotopic (exact) mass is 512 g/mol. The number of carbonyl (C=O) groups excluding carboxylic acids is 2. The Labute approximate surface area is 201 Å². The van der Waals surface area contributed by atoms with Crippen molar-refractivity contribution < 1.29 is 22.8 Å². The molecular formula is C22H17Cl2F3N4O3. The lowest BCUT2D eigenvalue weighted by atomic mass is 10.2. The second-order valence-electron chi connectivity index (χ2n) is 7.29. The maximum atomic E-state index is 13.0. The molecule has 178 valence electrons. The van der Waals surface area contributed by atoms with Gasteiger partial charge in [0.05, 0.1) is 22.8 Å². The number of likely N-dealkylation sites (N-methyl/N-ethyl adjacent to an activating group) is 1. The molecule has 3 aromatic rings. The van der Waals surface area contributed by atoms with Crippen LogP contribution < -0.4 is 10.7 Å². The van der Waals surface area contributed by atoms with Gasteiger partial charge in [0.1, 0.15) is 0 Å². The van der Waals surface area contributed by atoms with Crippen LogP contribution in [0.4, 0.5) is 18.9 Å². The van der Waals surface area contributed by atoms with Gasteiger partial charge in [-0.05, 0) is 49.4 Å². The van der Waals surface area contributed by atoms with E-state index in [1.54, 1.807) is 31.2 Å². The van der Waals surface area contributed by atoms with Crippen molar-refractivity contribution in [2.24, 2.45) is 0 Å². The topological polar surface area (TPSA) is 84.3 Å². The fraction of sp³-hybridized carbons (Fsp3) is 0.182. The van der Waals surface area contributed by atoms with Crippen LogP contribution in [-0.4, -0.2) is 40.1 Å². The Morgan fingerprint density at radius 2 is 1.74 bits per heavy atom. The molecule has 2 amide bonds. The van der Waals surface area contributed by atoms with Crippen LogP contribution in [0.3, 0.4) is 0 Å². The highest BCUT2D eigenvalue weighted by atomic mass is 35.5. The van der Waals surface area contributed by atoms with Crippen LogP contribution in [0.5, 0.6) is 0 Å². The van der Waals surface area contributed by atoms with Crippen LogP contribution in [0.1, 0.15) is 21.7 Å². The average Bonchev–Trinajstić information content (AvgIpc) is 2.74. The summed E-state index contributed by atoms with van der Waals surface area (Å²) in [5.74, 6) is -1.62. The first-order valence-corrected chi connectivity index (χ1v) is 10.4. The van der Waals surface area contributed by atoms with E-state index in [0.29, 0.717) is 22.5 Å². The molecule has 0 radical (unpaired) electrons. The van der Waals surface area contributed by atoms with Crippen LogP contribution in [-0.2, 0) is 11.0 Å². The van der Waals surface area contributed by atoms with Gasteiger partial charge in [-0.1, -0.05) is 23.2 Å². The zero-order valence-corrected chi connectivity index (χ0v) is 19.3. The molecule has 34 heavy (non-hydrogen) atoms. The summed E-state index contributed by atoms with van der Waals surface area (Å²) in [5, 5.41) is 6.39. The Kier molecular flexibility index (Phi) is 7.32. The lowest BCUT2D eigenvalue weighted by Crippen LogP contribution is -2.38. The summed E-state index contributed by atoms with van der Waals surface area (Å²) >= 11 is 11.5. The number of aromatic nitrogens is 2. The maximum absolute atomic E-state index is 13.0. The molecule has 0 unspecified atom stereocenters. The predicted octanol–water partition coefficient (Wildman–Crippen LogP) is 4.58. The Morgan fingerprint density at radius 1 is 1.09 bits per heavy atom. The first kappa shape index (κ1) is 25.3. The van der Waals surface area contributed by atoms with Gasteiger partial charge in [-0.3, -0.25) is 14.4 Å². The molecule has 12 heteroatoms. The number of hydrogen-bond donors (Lipinski definition) is 1. The minimum Gasteiger partial charge on any atom is -0.331 e. The second kappa shape index (κ2) is 9.86. The Bertz CT molecular complexity index is 1310. The van der Waals surface area contributed by atoms with Crippen molar-refractivity contribution in [1.82, 2.24) is 14.7 Å². The fourth-order valence-electron chi connectivity index (χ4n) is 3.03. The van der Waals surface area contributed by atoms with Crippen molar-refractivity contribution >= 4 is 40.7 Å². The van der Waals surface area contributed by atoms with E-state index in [1.165, 1.54) is 23.9 Å². The third-order valence-corrected chi connectivity index (χ3v) is 5.25. The normalized spacial score (nSPS) is 11.3. The van der Waals surface area contributed by atoms with E-state index in [1.807, 2.05) is 0 Å². The molecule has 1 heterocycles. The van der Waals surface area contributed by atoms with Crippen LogP contribution in [0.25, 0.3) is 5.69 Å². The highest BCUT2D eigenvalue weighted by Crippen LogP contribution is 2.36. The third kappa shape index (κ3) is 5.75. The zero-order valence-electron chi connectivity index (χ0n) is 17.8. The van der Waals surface area contributed by atoms with Gasteiger partial charge in [-0.2, -0.15) is 18.3 Å². The second-order valence-corrected chi connectivity index (χ2v) is 8.13. The lowest BCUT2D eigenvalue weighted by molar-refractivity contribution is -0.137. The van der Waals surface area contributed by atoms with Crippen molar-refractivity contribution in [3.8, 4) is 5.69 Å². The summed E-state index contributed by atoms with van der Waals surface area (Å²) in [5.41, 5.74) is -1.31. The van der Waals surface area contributed by atoms with E-state index in [2.05, 4.69) is 10.4 Å². The molecule has 7 nitrogen and oxygen atoms in total. The van der Waals surface area contributed by atoms with Crippen molar-refractivity contribution in [1.29, 1.82) is 0 Å². The molecule has 3 rings (SSSR count). The number of alkyl halides is 3. The minimum atomic E-state index is -4.70. The fourth-order valence-corrected chi connectivity index (χ4v) is 3.38. The van der Waals surface area contributed by atoms with Crippen molar-refractivity contribution in [2.75, 3.05) is 18.9 Å². The van der Waals surface area contributed by atoms with Gasteiger partial charge in [0.25, 0.3) is 5.91 Å².